The molecule has 2 aliphatic rings. The number of amides is 3. The minimum Gasteiger partial charge on any atom is -0.446 e. The predicted octanol–water partition coefficient (Wildman–Crippen LogP) is 3.39. The fraction of sp³-hybridized carbons (Fsp3) is 0.697. The first-order chi connectivity index (χ1) is 21.0. The van der Waals surface area contributed by atoms with Crippen LogP contribution in [-0.4, -0.2) is 92.9 Å². The average Bonchev–Trinajstić information content (AvgIpc) is 3.35. The van der Waals surface area contributed by atoms with Gasteiger partial charge in [-0.2, -0.15) is 0 Å². The van der Waals surface area contributed by atoms with Crippen molar-refractivity contribution in [2.45, 2.75) is 116 Å². The number of benzene rings is 1. The summed E-state index contributed by atoms with van der Waals surface area (Å²) < 4.78 is 19.4. The fourth-order valence-electron chi connectivity index (χ4n) is 5.47. The zero-order valence-electron chi connectivity index (χ0n) is 27.4. The Balaban J connectivity index is 0.00000216. The highest BCUT2D eigenvalue weighted by molar-refractivity contribution is 8.02. The molecule has 0 aliphatic carbocycles. The molecule has 1 aromatic carbocycles. The van der Waals surface area contributed by atoms with Crippen LogP contribution in [0.25, 0.3) is 0 Å². The Hall–Kier alpha value is -2.63. The fourth-order valence-corrected chi connectivity index (χ4v) is 8.62. The van der Waals surface area contributed by atoms with Crippen LogP contribution in [0, 0.1) is 0 Å². The molecule has 1 aromatic rings. The summed E-state index contributed by atoms with van der Waals surface area (Å²) in [5.41, 5.74) is 2.36. The number of hydrogen-bond acceptors (Lipinski definition) is 7. The lowest BCUT2D eigenvalue weighted by Crippen LogP contribution is -2.53. The number of rotatable bonds is 14. The van der Waals surface area contributed by atoms with Gasteiger partial charge in [-0.05, 0) is 51.7 Å². The zero-order valence-corrected chi connectivity index (χ0v) is 28.3. The minimum absolute atomic E-state index is 0.00347. The Kier molecular flexibility index (Phi) is 16.8. The molecule has 0 aromatic heterocycles. The summed E-state index contributed by atoms with van der Waals surface area (Å²) in [6.07, 6.45) is 4.53. The Bertz CT molecular complexity index is 1160. The summed E-state index contributed by atoms with van der Waals surface area (Å²) in [5, 5.41) is 20.9. The second-order valence-corrected chi connectivity index (χ2v) is 14.7. The molecule has 1 saturated heterocycles. The molecule has 10 nitrogen and oxygen atoms in total. The molecular formula is C33H56N4O6S. The molecule has 2 aliphatic heterocycles. The van der Waals surface area contributed by atoms with E-state index in [9.17, 15) is 23.7 Å². The highest BCUT2D eigenvalue weighted by Gasteiger charge is 2.33. The molecule has 3 amide bonds. The SMILES string of the molecule is CCC.CCCC1CCC=S1(=O)CC(NC(=O)OC1CCN(C(C)=O)CC1)C(=O)NCC(O)CNCc1cccc(CC)c1. The van der Waals surface area contributed by atoms with Crippen molar-refractivity contribution in [2.24, 2.45) is 0 Å². The van der Waals surface area contributed by atoms with E-state index in [2.05, 4.69) is 48.9 Å². The molecule has 1 fully saturated rings. The number of alkyl carbamates (subject to hydrolysis) is 1. The molecular weight excluding hydrogens is 580 g/mol. The molecule has 0 saturated carbocycles. The van der Waals surface area contributed by atoms with Crippen molar-refractivity contribution in [3.63, 3.8) is 0 Å². The van der Waals surface area contributed by atoms with Gasteiger partial charge in [-0.15, -0.1) is 0 Å². The van der Waals surface area contributed by atoms with E-state index in [1.54, 1.807) is 4.90 Å². The first kappa shape index (κ1) is 37.6. The molecule has 4 N–H and O–H groups in total. The van der Waals surface area contributed by atoms with Crippen molar-refractivity contribution in [1.82, 2.24) is 20.9 Å². The largest absolute Gasteiger partial charge is 0.446 e. The van der Waals surface area contributed by atoms with Gasteiger partial charge in [-0.25, -0.2) is 4.79 Å². The normalized spacial score (nSPS) is 21.3. The first-order valence-electron chi connectivity index (χ1n) is 16.4. The Morgan fingerprint density at radius 1 is 1.07 bits per heavy atom. The summed E-state index contributed by atoms with van der Waals surface area (Å²) in [7, 11) is -2.46. The van der Waals surface area contributed by atoms with E-state index < -0.39 is 33.7 Å². The quantitative estimate of drug-likeness (QED) is 0.230. The van der Waals surface area contributed by atoms with E-state index in [1.165, 1.54) is 18.9 Å². The second-order valence-electron chi connectivity index (χ2n) is 11.8. The highest BCUT2D eigenvalue weighted by atomic mass is 32.2. The summed E-state index contributed by atoms with van der Waals surface area (Å²) >= 11 is 0. The second kappa shape index (κ2) is 19.7. The lowest BCUT2D eigenvalue weighted by molar-refractivity contribution is -0.131. The molecule has 11 heteroatoms. The van der Waals surface area contributed by atoms with E-state index in [0.717, 1.165) is 37.7 Å². The average molecular weight is 637 g/mol. The number of aliphatic hydroxyl groups is 1. The number of nitrogens with one attached hydrogen (secondary N) is 3. The van der Waals surface area contributed by atoms with E-state index >= 15 is 0 Å². The van der Waals surface area contributed by atoms with Crippen LogP contribution in [0.1, 0.15) is 90.7 Å². The van der Waals surface area contributed by atoms with Crippen LogP contribution < -0.4 is 16.0 Å². The van der Waals surface area contributed by atoms with Crippen LogP contribution in [-0.2, 0) is 36.8 Å². The third-order valence-corrected chi connectivity index (χ3v) is 11.1. The van der Waals surface area contributed by atoms with Crippen molar-refractivity contribution in [2.75, 3.05) is 31.9 Å². The van der Waals surface area contributed by atoms with Gasteiger partial charge in [0, 0.05) is 63.5 Å². The van der Waals surface area contributed by atoms with Gasteiger partial charge in [0.2, 0.25) is 11.8 Å². The number of likely N-dealkylation sites (tertiary alicyclic amines) is 1. The highest BCUT2D eigenvalue weighted by Crippen LogP contribution is 2.23. The molecule has 4 atom stereocenters. The monoisotopic (exact) mass is 636 g/mol. The number of hydrogen-bond donors (Lipinski definition) is 4. The molecule has 0 radical (unpaired) electrons. The smallest absolute Gasteiger partial charge is 0.408 e. The summed E-state index contributed by atoms with van der Waals surface area (Å²) in [6.45, 7) is 11.8. The summed E-state index contributed by atoms with van der Waals surface area (Å²) in [4.78, 5) is 39.4. The van der Waals surface area contributed by atoms with Gasteiger partial charge in [0.05, 0.1) is 6.10 Å². The molecule has 250 valence electrons. The number of carbonyl (C=O) groups excluding carboxylic acids is 3. The van der Waals surface area contributed by atoms with E-state index in [1.807, 2.05) is 24.4 Å². The molecule has 2 heterocycles. The van der Waals surface area contributed by atoms with Gasteiger partial charge in [0.15, 0.2) is 0 Å². The predicted molar refractivity (Wildman–Crippen MR) is 178 cm³/mol. The maximum Gasteiger partial charge on any atom is 0.408 e. The van der Waals surface area contributed by atoms with E-state index in [-0.39, 0.29) is 36.1 Å². The maximum absolute atomic E-state index is 13.8. The summed E-state index contributed by atoms with van der Waals surface area (Å²) in [6, 6.07) is 7.17. The molecule has 44 heavy (non-hydrogen) atoms. The van der Waals surface area contributed by atoms with Gasteiger partial charge < -0.3 is 30.7 Å². The Labute approximate surface area is 265 Å². The number of ether oxygens (including phenoxy) is 1. The van der Waals surface area contributed by atoms with Crippen LogP contribution in [0.3, 0.4) is 0 Å². The molecule has 0 spiro atoms. The minimum atomic E-state index is -2.46. The lowest BCUT2D eigenvalue weighted by Gasteiger charge is -2.31. The van der Waals surface area contributed by atoms with Gasteiger partial charge >= 0.3 is 6.09 Å². The number of carbonyl (C=O) groups is 3. The number of nitrogens with zero attached hydrogens (tertiary/aromatic N) is 1. The number of aryl methyl sites for hydroxylation is 1. The number of aliphatic hydroxyl groups excluding tert-OH is 1. The van der Waals surface area contributed by atoms with Crippen molar-refractivity contribution >= 4 is 32.8 Å². The van der Waals surface area contributed by atoms with E-state index in [0.29, 0.717) is 32.5 Å². The zero-order chi connectivity index (χ0) is 32.5. The van der Waals surface area contributed by atoms with Crippen LogP contribution in [0.5, 0.6) is 0 Å². The Morgan fingerprint density at radius 3 is 2.39 bits per heavy atom. The van der Waals surface area contributed by atoms with Crippen LogP contribution in [0.4, 0.5) is 4.79 Å². The van der Waals surface area contributed by atoms with Gasteiger partial charge in [0.25, 0.3) is 0 Å². The van der Waals surface area contributed by atoms with Crippen LogP contribution >= 0.6 is 0 Å². The third kappa shape index (κ3) is 12.8. The third-order valence-electron chi connectivity index (χ3n) is 7.88. The van der Waals surface area contributed by atoms with Crippen LogP contribution in [0.2, 0.25) is 0 Å². The van der Waals surface area contributed by atoms with Crippen molar-refractivity contribution in [3.8, 4) is 0 Å². The standard InChI is InChI=1S/C30H48N4O6S.C3H8/c1-4-8-27-11-7-16-41(27,39)21-28(33-30(38)40-26-12-14-34(15-13-26)22(3)35)29(37)32-20-25(36)19-31-18-24-10-6-9-23(5-2)17-24;1-3-2/h6,9-10,16-17,25-28,31,36H,4-5,7-8,11-15,18-21H2,1-3H3,(H,32,37)(H,33,38);3H2,1-2H3. The van der Waals surface area contributed by atoms with Gasteiger partial charge in [-0.1, -0.05) is 64.8 Å². The molecule has 3 rings (SSSR count). The van der Waals surface area contributed by atoms with Crippen molar-refractivity contribution < 1.29 is 28.4 Å². The van der Waals surface area contributed by atoms with Crippen molar-refractivity contribution in [1.29, 1.82) is 0 Å². The topological polar surface area (TPSA) is 137 Å². The lowest BCUT2D eigenvalue weighted by atomic mass is 10.1. The van der Waals surface area contributed by atoms with Crippen LogP contribution in [0.15, 0.2) is 24.3 Å². The maximum atomic E-state index is 13.8. The molecule has 0 bridgehead atoms. The van der Waals surface area contributed by atoms with Gasteiger partial charge in [-0.3, -0.25) is 13.8 Å². The first-order valence-corrected chi connectivity index (χ1v) is 18.2. The van der Waals surface area contributed by atoms with E-state index in [4.69, 9.17) is 4.74 Å². The molecule has 4 unspecified atom stereocenters. The Morgan fingerprint density at radius 2 is 1.75 bits per heavy atom. The number of piperidine rings is 1. The van der Waals surface area contributed by atoms with Crippen molar-refractivity contribution in [3.05, 3.63) is 35.4 Å². The summed E-state index contributed by atoms with van der Waals surface area (Å²) in [5.74, 6) is -0.504. The van der Waals surface area contributed by atoms with Gasteiger partial charge in [0.1, 0.15) is 12.1 Å².